The maximum atomic E-state index is 10.0. The number of aromatic hydroxyl groups is 1. The van der Waals surface area contributed by atoms with Crippen LogP contribution < -0.4 is 4.74 Å². The molecule has 0 radical (unpaired) electrons. The predicted molar refractivity (Wildman–Crippen MR) is 73.0 cm³/mol. The van der Waals surface area contributed by atoms with E-state index in [4.69, 9.17) is 4.74 Å². The SMILES string of the molecule is COc1cccc(CN(C)CC2CCCC2)c1O. The average Bonchev–Trinajstić information content (AvgIpc) is 2.84. The highest BCUT2D eigenvalue weighted by Crippen LogP contribution is 2.31. The van der Waals surface area contributed by atoms with Crippen LogP contribution in [0.25, 0.3) is 0 Å². The molecule has 0 aromatic heterocycles. The van der Waals surface area contributed by atoms with Crippen molar-refractivity contribution in [3.63, 3.8) is 0 Å². The number of nitrogens with zero attached hydrogens (tertiary/aromatic N) is 1. The maximum Gasteiger partial charge on any atom is 0.162 e. The first-order valence-electron chi connectivity index (χ1n) is 6.74. The van der Waals surface area contributed by atoms with Crippen LogP contribution in [0.15, 0.2) is 18.2 Å². The van der Waals surface area contributed by atoms with Crippen molar-refractivity contribution >= 4 is 0 Å². The van der Waals surface area contributed by atoms with Crippen molar-refractivity contribution in [3.8, 4) is 11.5 Å². The Balaban J connectivity index is 1.95. The van der Waals surface area contributed by atoms with Crippen LogP contribution in [-0.4, -0.2) is 30.7 Å². The Hall–Kier alpha value is -1.22. The summed E-state index contributed by atoms with van der Waals surface area (Å²) < 4.78 is 5.13. The second kappa shape index (κ2) is 6.10. The van der Waals surface area contributed by atoms with Gasteiger partial charge in [-0.05, 0) is 31.9 Å². The first-order chi connectivity index (χ1) is 8.70. The third-order valence-electron chi connectivity index (χ3n) is 3.79. The molecule has 1 fully saturated rings. The summed E-state index contributed by atoms with van der Waals surface area (Å²) in [7, 11) is 3.71. The Morgan fingerprint density at radius 2 is 2.06 bits per heavy atom. The van der Waals surface area contributed by atoms with E-state index in [2.05, 4.69) is 11.9 Å². The van der Waals surface area contributed by atoms with Gasteiger partial charge in [0, 0.05) is 18.7 Å². The number of para-hydroxylation sites is 1. The third-order valence-corrected chi connectivity index (χ3v) is 3.79. The summed E-state index contributed by atoms with van der Waals surface area (Å²) in [5.74, 6) is 1.67. The van der Waals surface area contributed by atoms with Crippen LogP contribution in [-0.2, 0) is 6.54 Å². The minimum atomic E-state index is 0.276. The molecule has 0 saturated heterocycles. The van der Waals surface area contributed by atoms with Crippen LogP contribution in [0.2, 0.25) is 0 Å². The lowest BCUT2D eigenvalue weighted by molar-refractivity contribution is 0.266. The number of benzene rings is 1. The van der Waals surface area contributed by atoms with Gasteiger partial charge in [-0.25, -0.2) is 0 Å². The monoisotopic (exact) mass is 249 g/mol. The van der Waals surface area contributed by atoms with Gasteiger partial charge in [-0.1, -0.05) is 25.0 Å². The Kier molecular flexibility index (Phi) is 4.48. The van der Waals surface area contributed by atoms with E-state index >= 15 is 0 Å². The molecule has 1 aromatic carbocycles. The zero-order valence-electron chi connectivity index (χ0n) is 11.4. The van der Waals surface area contributed by atoms with Crippen LogP contribution in [0.4, 0.5) is 0 Å². The fourth-order valence-electron chi connectivity index (χ4n) is 2.85. The minimum Gasteiger partial charge on any atom is -0.504 e. The van der Waals surface area contributed by atoms with Gasteiger partial charge in [0.1, 0.15) is 0 Å². The number of hydrogen-bond donors (Lipinski definition) is 1. The van der Waals surface area contributed by atoms with Gasteiger partial charge in [-0.15, -0.1) is 0 Å². The Bertz CT molecular complexity index is 386. The molecule has 0 unspecified atom stereocenters. The van der Waals surface area contributed by atoms with Crippen molar-refractivity contribution < 1.29 is 9.84 Å². The zero-order valence-corrected chi connectivity index (χ0v) is 11.4. The van der Waals surface area contributed by atoms with Crippen LogP contribution in [0, 0.1) is 5.92 Å². The quantitative estimate of drug-likeness (QED) is 0.870. The Morgan fingerprint density at radius 1 is 1.33 bits per heavy atom. The molecule has 1 aromatic rings. The molecule has 1 saturated carbocycles. The van der Waals surface area contributed by atoms with Crippen LogP contribution in [0.5, 0.6) is 11.5 Å². The molecule has 0 bridgehead atoms. The van der Waals surface area contributed by atoms with Crippen molar-refractivity contribution in [1.82, 2.24) is 4.90 Å². The molecule has 1 aliphatic rings. The predicted octanol–water partition coefficient (Wildman–Crippen LogP) is 3.02. The topological polar surface area (TPSA) is 32.7 Å². The summed E-state index contributed by atoms with van der Waals surface area (Å²) in [5, 5.41) is 10.0. The molecular weight excluding hydrogens is 226 g/mol. The highest BCUT2D eigenvalue weighted by molar-refractivity contribution is 5.45. The van der Waals surface area contributed by atoms with E-state index in [0.29, 0.717) is 5.75 Å². The lowest BCUT2D eigenvalue weighted by atomic mass is 10.1. The summed E-state index contributed by atoms with van der Waals surface area (Å²) in [6.45, 7) is 1.90. The lowest BCUT2D eigenvalue weighted by Crippen LogP contribution is -2.24. The van der Waals surface area contributed by atoms with E-state index < -0.39 is 0 Å². The van der Waals surface area contributed by atoms with Gasteiger partial charge in [-0.2, -0.15) is 0 Å². The highest BCUT2D eigenvalue weighted by Gasteiger charge is 2.17. The standard InChI is InChI=1S/C15H23NO2/c1-16(10-12-6-3-4-7-12)11-13-8-5-9-14(18-2)15(13)17/h5,8-9,12,17H,3-4,6-7,10-11H2,1-2H3. The molecule has 18 heavy (non-hydrogen) atoms. The number of phenols is 1. The van der Waals surface area contributed by atoms with Crippen molar-refractivity contribution in [1.29, 1.82) is 0 Å². The molecule has 2 rings (SSSR count). The molecule has 1 aliphatic carbocycles. The largest absolute Gasteiger partial charge is 0.504 e. The third kappa shape index (κ3) is 3.16. The van der Waals surface area contributed by atoms with E-state index in [0.717, 1.165) is 24.6 Å². The van der Waals surface area contributed by atoms with Crippen LogP contribution in [0.3, 0.4) is 0 Å². The average molecular weight is 249 g/mol. The molecule has 0 amide bonds. The number of methoxy groups -OCH3 is 1. The van der Waals surface area contributed by atoms with Gasteiger partial charge < -0.3 is 14.7 Å². The van der Waals surface area contributed by atoms with Gasteiger partial charge in [0.25, 0.3) is 0 Å². The molecule has 1 N–H and O–H groups in total. The van der Waals surface area contributed by atoms with Gasteiger partial charge in [0.05, 0.1) is 7.11 Å². The molecule has 0 atom stereocenters. The Morgan fingerprint density at radius 3 is 2.72 bits per heavy atom. The van der Waals surface area contributed by atoms with E-state index in [9.17, 15) is 5.11 Å². The van der Waals surface area contributed by atoms with Gasteiger partial charge in [0.2, 0.25) is 0 Å². The minimum absolute atomic E-state index is 0.276. The lowest BCUT2D eigenvalue weighted by Gasteiger charge is -2.21. The van der Waals surface area contributed by atoms with Crippen LogP contribution in [0.1, 0.15) is 31.2 Å². The smallest absolute Gasteiger partial charge is 0.162 e. The van der Waals surface area contributed by atoms with Crippen molar-refractivity contribution in [2.75, 3.05) is 20.7 Å². The fourth-order valence-corrected chi connectivity index (χ4v) is 2.85. The highest BCUT2D eigenvalue weighted by atomic mass is 16.5. The van der Waals surface area contributed by atoms with E-state index in [1.165, 1.54) is 25.7 Å². The summed E-state index contributed by atoms with van der Waals surface area (Å²) in [6, 6.07) is 5.68. The van der Waals surface area contributed by atoms with E-state index in [1.54, 1.807) is 13.2 Å². The number of hydrogen-bond acceptors (Lipinski definition) is 3. The first kappa shape index (κ1) is 13.2. The second-order valence-electron chi connectivity index (χ2n) is 5.32. The molecule has 3 heteroatoms. The van der Waals surface area contributed by atoms with Crippen LogP contribution >= 0.6 is 0 Å². The molecule has 3 nitrogen and oxygen atoms in total. The molecular formula is C15H23NO2. The second-order valence-corrected chi connectivity index (χ2v) is 5.32. The van der Waals surface area contributed by atoms with Gasteiger partial charge >= 0.3 is 0 Å². The normalized spacial score (nSPS) is 16.4. The summed E-state index contributed by atoms with van der Waals surface area (Å²) in [5.41, 5.74) is 0.940. The first-order valence-corrected chi connectivity index (χ1v) is 6.74. The Labute approximate surface area is 109 Å². The molecule has 0 spiro atoms. The van der Waals surface area contributed by atoms with Crippen molar-refractivity contribution in [2.45, 2.75) is 32.2 Å². The molecule has 0 heterocycles. The molecule has 0 aliphatic heterocycles. The number of phenolic OH excluding ortho intramolecular Hbond substituents is 1. The van der Waals surface area contributed by atoms with Gasteiger partial charge in [-0.3, -0.25) is 0 Å². The maximum absolute atomic E-state index is 10.0. The zero-order chi connectivity index (χ0) is 13.0. The molecule has 100 valence electrons. The van der Waals surface area contributed by atoms with E-state index in [1.807, 2.05) is 12.1 Å². The van der Waals surface area contributed by atoms with E-state index in [-0.39, 0.29) is 5.75 Å². The van der Waals surface area contributed by atoms with Crippen molar-refractivity contribution in [2.24, 2.45) is 5.92 Å². The number of rotatable bonds is 5. The van der Waals surface area contributed by atoms with Crippen molar-refractivity contribution in [3.05, 3.63) is 23.8 Å². The summed E-state index contributed by atoms with van der Waals surface area (Å²) in [4.78, 5) is 2.30. The van der Waals surface area contributed by atoms with Gasteiger partial charge in [0.15, 0.2) is 11.5 Å². The summed E-state index contributed by atoms with van der Waals surface area (Å²) in [6.07, 6.45) is 5.47. The fraction of sp³-hybridized carbons (Fsp3) is 0.600. The summed E-state index contributed by atoms with van der Waals surface area (Å²) >= 11 is 0. The number of ether oxygens (including phenoxy) is 1.